The van der Waals surface area contributed by atoms with Crippen LogP contribution in [-0.2, 0) is 0 Å². The van der Waals surface area contributed by atoms with Crippen molar-refractivity contribution in [3.63, 3.8) is 0 Å². The van der Waals surface area contributed by atoms with Crippen molar-refractivity contribution in [2.24, 2.45) is 0 Å². The molecule has 2 aromatic rings. The molecule has 2 aromatic carbocycles. The van der Waals surface area contributed by atoms with Crippen molar-refractivity contribution >= 4 is 23.2 Å². The summed E-state index contributed by atoms with van der Waals surface area (Å²) < 4.78 is 0. The highest BCUT2D eigenvalue weighted by Crippen LogP contribution is 2.33. The summed E-state index contributed by atoms with van der Waals surface area (Å²) in [6.07, 6.45) is 0. The monoisotopic (exact) mass is 296 g/mol. The van der Waals surface area contributed by atoms with E-state index in [4.69, 9.17) is 0 Å². The number of non-ortho nitro benzene ring substituents is 1. The Hall–Kier alpha value is -3.02. The SMILES string of the molecule is Cc1cc([N+](=O)[O-])ccc1N1C(=O)c2cccc(C)c2C1=O. The van der Waals surface area contributed by atoms with E-state index in [1.54, 1.807) is 32.0 Å². The number of hydrogen-bond acceptors (Lipinski definition) is 4. The maximum absolute atomic E-state index is 12.6. The second-order valence-corrected chi connectivity index (χ2v) is 5.17. The lowest BCUT2D eigenvalue weighted by Crippen LogP contribution is -2.30. The molecule has 1 aliphatic rings. The molecule has 0 saturated heterocycles. The van der Waals surface area contributed by atoms with E-state index in [-0.39, 0.29) is 5.69 Å². The van der Waals surface area contributed by atoms with E-state index in [9.17, 15) is 19.7 Å². The average molecular weight is 296 g/mol. The van der Waals surface area contributed by atoms with Crippen LogP contribution in [0.2, 0.25) is 0 Å². The summed E-state index contributed by atoms with van der Waals surface area (Å²) in [6, 6.07) is 9.19. The largest absolute Gasteiger partial charge is 0.269 e. The van der Waals surface area contributed by atoms with Gasteiger partial charge in [-0.3, -0.25) is 19.7 Å². The van der Waals surface area contributed by atoms with E-state index >= 15 is 0 Å². The fraction of sp³-hybridized carbons (Fsp3) is 0.125. The van der Waals surface area contributed by atoms with Crippen LogP contribution in [0.5, 0.6) is 0 Å². The van der Waals surface area contributed by atoms with Crippen LogP contribution in [0.25, 0.3) is 0 Å². The number of anilines is 1. The third kappa shape index (κ3) is 1.88. The molecule has 0 N–H and O–H groups in total. The number of carbonyl (C=O) groups is 2. The number of imide groups is 1. The number of benzene rings is 2. The van der Waals surface area contributed by atoms with Crippen LogP contribution in [0.1, 0.15) is 31.8 Å². The molecule has 0 spiro atoms. The third-order valence-electron chi connectivity index (χ3n) is 3.76. The first-order valence-corrected chi connectivity index (χ1v) is 6.65. The number of rotatable bonds is 2. The summed E-state index contributed by atoms with van der Waals surface area (Å²) in [6.45, 7) is 3.41. The zero-order chi connectivity index (χ0) is 16.0. The van der Waals surface area contributed by atoms with E-state index in [1.807, 2.05) is 0 Å². The minimum atomic E-state index is -0.511. The highest BCUT2D eigenvalue weighted by atomic mass is 16.6. The van der Waals surface area contributed by atoms with Gasteiger partial charge in [0.1, 0.15) is 0 Å². The molecule has 6 nitrogen and oxygen atoms in total. The molecule has 0 radical (unpaired) electrons. The number of carbonyl (C=O) groups excluding carboxylic acids is 2. The minimum absolute atomic E-state index is 0.0750. The lowest BCUT2D eigenvalue weighted by atomic mass is 10.0. The lowest BCUT2D eigenvalue weighted by Gasteiger charge is -2.16. The smallest absolute Gasteiger partial charge is 0.268 e. The molecule has 3 rings (SSSR count). The number of nitro groups is 1. The van der Waals surface area contributed by atoms with Gasteiger partial charge in [-0.15, -0.1) is 0 Å². The summed E-state index contributed by atoms with van der Waals surface area (Å²) in [5, 5.41) is 10.8. The summed E-state index contributed by atoms with van der Waals surface area (Å²) in [7, 11) is 0. The van der Waals surface area contributed by atoms with E-state index in [0.717, 1.165) is 10.5 Å². The maximum atomic E-state index is 12.6. The zero-order valence-electron chi connectivity index (χ0n) is 12.0. The Balaban J connectivity index is 2.12. The van der Waals surface area contributed by atoms with Crippen LogP contribution in [0.3, 0.4) is 0 Å². The Morgan fingerprint density at radius 3 is 2.32 bits per heavy atom. The van der Waals surface area contributed by atoms with Crippen molar-refractivity contribution < 1.29 is 14.5 Å². The molecule has 0 aliphatic carbocycles. The number of nitro benzene ring substituents is 1. The van der Waals surface area contributed by atoms with E-state index in [0.29, 0.717) is 22.4 Å². The number of hydrogen-bond donors (Lipinski definition) is 0. The molecule has 1 aliphatic heterocycles. The Labute approximate surface area is 126 Å². The van der Waals surface area contributed by atoms with E-state index in [1.165, 1.54) is 18.2 Å². The molecule has 2 amide bonds. The zero-order valence-corrected chi connectivity index (χ0v) is 12.0. The predicted octanol–water partition coefficient (Wildman–Crippen LogP) is 3.01. The summed E-state index contributed by atoms with van der Waals surface area (Å²) in [5.74, 6) is -0.796. The number of aryl methyl sites for hydroxylation is 2. The first-order chi connectivity index (χ1) is 10.4. The Bertz CT molecular complexity index is 842. The highest BCUT2D eigenvalue weighted by molar-refractivity contribution is 6.35. The van der Waals surface area contributed by atoms with Crippen LogP contribution >= 0.6 is 0 Å². The van der Waals surface area contributed by atoms with Gasteiger partial charge in [-0.1, -0.05) is 12.1 Å². The normalized spacial score (nSPS) is 13.5. The van der Waals surface area contributed by atoms with Crippen molar-refractivity contribution in [2.45, 2.75) is 13.8 Å². The van der Waals surface area contributed by atoms with Crippen LogP contribution in [0.15, 0.2) is 36.4 Å². The second kappa shape index (κ2) is 4.77. The molecule has 0 bridgehead atoms. The van der Waals surface area contributed by atoms with Gasteiger partial charge < -0.3 is 0 Å². The van der Waals surface area contributed by atoms with Gasteiger partial charge in [0, 0.05) is 12.1 Å². The van der Waals surface area contributed by atoms with Crippen molar-refractivity contribution in [2.75, 3.05) is 4.90 Å². The maximum Gasteiger partial charge on any atom is 0.269 e. The molecule has 1 heterocycles. The average Bonchev–Trinajstić information content (AvgIpc) is 2.72. The minimum Gasteiger partial charge on any atom is -0.268 e. The van der Waals surface area contributed by atoms with Gasteiger partial charge >= 0.3 is 0 Å². The molecule has 0 unspecified atom stereocenters. The molecule has 6 heteroatoms. The van der Waals surface area contributed by atoms with E-state index in [2.05, 4.69) is 0 Å². The quantitative estimate of drug-likeness (QED) is 0.484. The van der Waals surface area contributed by atoms with Crippen molar-refractivity contribution in [1.82, 2.24) is 0 Å². The van der Waals surface area contributed by atoms with Gasteiger partial charge in [-0.2, -0.15) is 0 Å². The molecule has 110 valence electrons. The van der Waals surface area contributed by atoms with Crippen LogP contribution in [0.4, 0.5) is 11.4 Å². The molecule has 0 atom stereocenters. The summed E-state index contributed by atoms with van der Waals surface area (Å²) in [5.41, 5.74) is 2.29. The Kier molecular flexibility index (Phi) is 3.02. The van der Waals surface area contributed by atoms with Gasteiger partial charge in [0.15, 0.2) is 0 Å². The third-order valence-corrected chi connectivity index (χ3v) is 3.76. The fourth-order valence-corrected chi connectivity index (χ4v) is 2.68. The predicted molar refractivity (Wildman–Crippen MR) is 80.2 cm³/mol. The Morgan fingerprint density at radius 2 is 1.73 bits per heavy atom. The summed E-state index contributed by atoms with van der Waals surface area (Å²) in [4.78, 5) is 36.4. The van der Waals surface area contributed by atoms with Crippen molar-refractivity contribution in [3.05, 3.63) is 68.8 Å². The number of nitrogens with zero attached hydrogens (tertiary/aromatic N) is 2. The molecule has 22 heavy (non-hydrogen) atoms. The molecule has 0 aromatic heterocycles. The molecule has 0 saturated carbocycles. The van der Waals surface area contributed by atoms with E-state index < -0.39 is 16.7 Å². The van der Waals surface area contributed by atoms with Crippen LogP contribution in [-0.4, -0.2) is 16.7 Å². The highest BCUT2D eigenvalue weighted by Gasteiger charge is 2.38. The van der Waals surface area contributed by atoms with Gasteiger partial charge in [0.2, 0.25) is 0 Å². The van der Waals surface area contributed by atoms with Gasteiger partial charge in [0.05, 0.1) is 21.7 Å². The lowest BCUT2D eigenvalue weighted by molar-refractivity contribution is -0.384. The second-order valence-electron chi connectivity index (χ2n) is 5.17. The van der Waals surface area contributed by atoms with Gasteiger partial charge in [0.25, 0.3) is 17.5 Å². The van der Waals surface area contributed by atoms with Crippen molar-refractivity contribution in [3.8, 4) is 0 Å². The first-order valence-electron chi connectivity index (χ1n) is 6.65. The standard InChI is InChI=1S/C16H12N2O4/c1-9-4-3-5-12-14(9)16(20)17(15(12)19)13-7-6-11(18(21)22)8-10(13)2/h3-8H,1-2H3. The number of amides is 2. The van der Waals surface area contributed by atoms with Crippen LogP contribution < -0.4 is 4.90 Å². The van der Waals surface area contributed by atoms with Gasteiger partial charge in [-0.05, 0) is 37.1 Å². The van der Waals surface area contributed by atoms with Crippen molar-refractivity contribution in [1.29, 1.82) is 0 Å². The topological polar surface area (TPSA) is 80.5 Å². The van der Waals surface area contributed by atoms with Gasteiger partial charge in [-0.25, -0.2) is 4.90 Å². The fourth-order valence-electron chi connectivity index (χ4n) is 2.68. The molecule has 0 fully saturated rings. The Morgan fingerprint density at radius 1 is 1.00 bits per heavy atom. The molecular formula is C16H12N2O4. The van der Waals surface area contributed by atoms with Crippen LogP contribution in [0, 0.1) is 24.0 Å². The summed E-state index contributed by atoms with van der Waals surface area (Å²) >= 11 is 0. The molecular weight excluding hydrogens is 284 g/mol. The number of fused-ring (bicyclic) bond motifs is 1. The first kappa shape index (κ1) is 13.9.